The largest absolute Gasteiger partial charge is 0.493 e. The van der Waals surface area contributed by atoms with Crippen molar-refractivity contribution in [1.29, 1.82) is 0 Å². The van der Waals surface area contributed by atoms with Crippen LogP contribution in [-0.2, 0) is 13.0 Å². The Labute approximate surface area is 114 Å². The predicted octanol–water partition coefficient (Wildman–Crippen LogP) is 3.40. The van der Waals surface area contributed by atoms with Crippen molar-refractivity contribution < 1.29 is 4.74 Å². The lowest BCUT2D eigenvalue weighted by atomic mass is 9.91. The van der Waals surface area contributed by atoms with E-state index >= 15 is 0 Å². The molecule has 0 saturated carbocycles. The average molecular weight is 253 g/mol. The molecule has 0 unspecified atom stereocenters. The van der Waals surface area contributed by atoms with Gasteiger partial charge in [-0.15, -0.1) is 0 Å². The van der Waals surface area contributed by atoms with Crippen molar-refractivity contribution >= 4 is 0 Å². The first kappa shape index (κ1) is 12.2. The lowest BCUT2D eigenvalue weighted by Crippen LogP contribution is -2.24. The number of para-hydroxylation sites is 1. The highest BCUT2D eigenvalue weighted by atomic mass is 16.5. The van der Waals surface area contributed by atoms with E-state index in [9.17, 15) is 0 Å². The van der Waals surface area contributed by atoms with Gasteiger partial charge in [-0.3, -0.25) is 0 Å². The third-order valence-electron chi connectivity index (χ3n) is 3.62. The summed E-state index contributed by atoms with van der Waals surface area (Å²) in [5, 5.41) is 3.43. The Hall–Kier alpha value is -1.80. The zero-order chi connectivity index (χ0) is 13.1. The standard InChI is InChI=1S/C17H19NO/c1-2-19-17-9-4-3-7-16(17)15-8-5-6-13-12-18-11-10-14(13)15/h3-9,18H,2,10-12H2,1H3. The van der Waals surface area contributed by atoms with E-state index in [1.54, 1.807) is 0 Å². The number of rotatable bonds is 3. The average Bonchev–Trinajstić information content (AvgIpc) is 2.48. The van der Waals surface area contributed by atoms with E-state index in [1.807, 2.05) is 13.0 Å². The van der Waals surface area contributed by atoms with Crippen LogP contribution < -0.4 is 10.1 Å². The highest BCUT2D eigenvalue weighted by Crippen LogP contribution is 2.34. The smallest absolute Gasteiger partial charge is 0.127 e. The normalized spacial score (nSPS) is 13.9. The van der Waals surface area contributed by atoms with Gasteiger partial charge in [0.1, 0.15) is 5.75 Å². The van der Waals surface area contributed by atoms with Crippen LogP contribution in [0, 0.1) is 0 Å². The molecule has 1 aliphatic rings. The number of hydrogen-bond acceptors (Lipinski definition) is 2. The molecular weight excluding hydrogens is 234 g/mol. The van der Waals surface area contributed by atoms with Crippen molar-refractivity contribution in [2.45, 2.75) is 19.9 Å². The van der Waals surface area contributed by atoms with Gasteiger partial charge in [0.05, 0.1) is 6.61 Å². The highest BCUT2D eigenvalue weighted by Gasteiger charge is 2.15. The van der Waals surface area contributed by atoms with Crippen molar-refractivity contribution in [1.82, 2.24) is 5.32 Å². The fourth-order valence-electron chi connectivity index (χ4n) is 2.75. The molecule has 1 aliphatic heterocycles. The van der Waals surface area contributed by atoms with Crippen LogP contribution in [-0.4, -0.2) is 13.2 Å². The third-order valence-corrected chi connectivity index (χ3v) is 3.62. The molecule has 3 rings (SSSR count). The molecule has 2 heteroatoms. The molecule has 1 N–H and O–H groups in total. The number of benzene rings is 2. The summed E-state index contributed by atoms with van der Waals surface area (Å²) in [7, 11) is 0. The minimum absolute atomic E-state index is 0.702. The molecule has 0 saturated heterocycles. The summed E-state index contributed by atoms with van der Waals surface area (Å²) in [6, 6.07) is 14.9. The molecule has 2 aromatic rings. The van der Waals surface area contributed by atoms with Crippen molar-refractivity contribution in [2.24, 2.45) is 0 Å². The van der Waals surface area contributed by atoms with E-state index in [1.165, 1.54) is 22.3 Å². The molecule has 0 aromatic heterocycles. The summed E-state index contributed by atoms with van der Waals surface area (Å²) >= 11 is 0. The Kier molecular flexibility index (Phi) is 3.51. The van der Waals surface area contributed by atoms with E-state index in [4.69, 9.17) is 4.74 Å². The molecule has 98 valence electrons. The third kappa shape index (κ3) is 2.36. The Bertz CT molecular complexity index is 577. The van der Waals surface area contributed by atoms with E-state index in [0.29, 0.717) is 6.61 Å². The summed E-state index contributed by atoms with van der Waals surface area (Å²) in [6.07, 6.45) is 1.09. The number of hydrogen-bond donors (Lipinski definition) is 1. The van der Waals surface area contributed by atoms with Crippen LogP contribution in [0.1, 0.15) is 18.1 Å². The maximum atomic E-state index is 5.77. The Morgan fingerprint density at radius 3 is 2.79 bits per heavy atom. The van der Waals surface area contributed by atoms with Gasteiger partial charge in [-0.2, -0.15) is 0 Å². The van der Waals surface area contributed by atoms with Crippen LogP contribution in [0.2, 0.25) is 0 Å². The monoisotopic (exact) mass is 253 g/mol. The van der Waals surface area contributed by atoms with E-state index in [-0.39, 0.29) is 0 Å². The topological polar surface area (TPSA) is 21.3 Å². The van der Waals surface area contributed by atoms with Gasteiger partial charge in [0, 0.05) is 12.1 Å². The number of ether oxygens (including phenoxy) is 1. The van der Waals surface area contributed by atoms with E-state index in [2.05, 4.69) is 41.7 Å². The Morgan fingerprint density at radius 1 is 1.05 bits per heavy atom. The fourth-order valence-corrected chi connectivity index (χ4v) is 2.75. The van der Waals surface area contributed by atoms with Crippen LogP contribution in [0.4, 0.5) is 0 Å². The van der Waals surface area contributed by atoms with Crippen LogP contribution in [0.5, 0.6) is 5.75 Å². The van der Waals surface area contributed by atoms with Gasteiger partial charge in [0.25, 0.3) is 0 Å². The van der Waals surface area contributed by atoms with Crippen LogP contribution in [0.3, 0.4) is 0 Å². The minimum atomic E-state index is 0.702. The Morgan fingerprint density at radius 2 is 1.89 bits per heavy atom. The van der Waals surface area contributed by atoms with Gasteiger partial charge in [0.15, 0.2) is 0 Å². The summed E-state index contributed by atoms with van der Waals surface area (Å²) in [5.74, 6) is 0.983. The maximum Gasteiger partial charge on any atom is 0.127 e. The molecular formula is C17H19NO. The molecule has 2 nitrogen and oxygen atoms in total. The number of fused-ring (bicyclic) bond motifs is 1. The van der Waals surface area contributed by atoms with Crippen LogP contribution in [0.15, 0.2) is 42.5 Å². The second-order valence-electron chi connectivity index (χ2n) is 4.80. The molecule has 0 bridgehead atoms. The van der Waals surface area contributed by atoms with E-state index < -0.39 is 0 Å². The molecule has 19 heavy (non-hydrogen) atoms. The molecule has 2 aromatic carbocycles. The first-order valence-electron chi connectivity index (χ1n) is 6.94. The van der Waals surface area contributed by atoms with Gasteiger partial charge < -0.3 is 10.1 Å². The summed E-state index contributed by atoms with van der Waals surface area (Å²) in [6.45, 7) is 4.76. The molecule has 0 radical (unpaired) electrons. The highest BCUT2D eigenvalue weighted by molar-refractivity contribution is 5.74. The quantitative estimate of drug-likeness (QED) is 0.905. The summed E-state index contributed by atoms with van der Waals surface area (Å²) in [5.41, 5.74) is 5.41. The zero-order valence-corrected chi connectivity index (χ0v) is 11.3. The molecule has 1 heterocycles. The van der Waals surface area contributed by atoms with Gasteiger partial charge in [-0.25, -0.2) is 0 Å². The maximum absolute atomic E-state index is 5.77. The van der Waals surface area contributed by atoms with Crippen LogP contribution >= 0.6 is 0 Å². The SMILES string of the molecule is CCOc1ccccc1-c1cccc2c1CCNC2. The molecule has 0 aliphatic carbocycles. The van der Waals surface area contributed by atoms with Crippen molar-refractivity contribution in [3.8, 4) is 16.9 Å². The Balaban J connectivity index is 2.12. The summed E-state index contributed by atoms with van der Waals surface area (Å²) < 4.78 is 5.77. The van der Waals surface area contributed by atoms with Gasteiger partial charge in [-0.05, 0) is 42.6 Å². The van der Waals surface area contributed by atoms with Crippen molar-refractivity contribution in [3.63, 3.8) is 0 Å². The zero-order valence-electron chi connectivity index (χ0n) is 11.3. The molecule has 0 spiro atoms. The molecule has 0 fully saturated rings. The van der Waals surface area contributed by atoms with Crippen molar-refractivity contribution in [2.75, 3.05) is 13.2 Å². The van der Waals surface area contributed by atoms with Gasteiger partial charge in [0.2, 0.25) is 0 Å². The lowest BCUT2D eigenvalue weighted by molar-refractivity contribution is 0.341. The first-order chi connectivity index (χ1) is 9.40. The summed E-state index contributed by atoms with van der Waals surface area (Å²) in [4.78, 5) is 0. The van der Waals surface area contributed by atoms with Crippen LogP contribution in [0.25, 0.3) is 11.1 Å². The van der Waals surface area contributed by atoms with E-state index in [0.717, 1.165) is 25.3 Å². The van der Waals surface area contributed by atoms with Gasteiger partial charge >= 0.3 is 0 Å². The fraction of sp³-hybridized carbons (Fsp3) is 0.294. The predicted molar refractivity (Wildman–Crippen MR) is 78.5 cm³/mol. The number of nitrogens with one attached hydrogen (secondary N) is 1. The van der Waals surface area contributed by atoms with Crippen molar-refractivity contribution in [3.05, 3.63) is 53.6 Å². The molecule has 0 atom stereocenters. The minimum Gasteiger partial charge on any atom is -0.493 e. The molecule has 0 amide bonds. The first-order valence-corrected chi connectivity index (χ1v) is 6.94. The van der Waals surface area contributed by atoms with Gasteiger partial charge in [-0.1, -0.05) is 36.4 Å². The second-order valence-corrected chi connectivity index (χ2v) is 4.80. The second kappa shape index (κ2) is 5.45. The lowest BCUT2D eigenvalue weighted by Gasteiger charge is -2.21.